The Kier molecular flexibility index (Phi) is 8.80. The summed E-state index contributed by atoms with van der Waals surface area (Å²) in [6, 6.07) is 0. The molecule has 0 saturated carbocycles. The highest BCUT2D eigenvalue weighted by Gasteiger charge is 2.21. The number of rotatable bonds is 9. The van der Waals surface area contributed by atoms with Crippen molar-refractivity contribution in [3.8, 4) is 0 Å². The Balaban J connectivity index is 4.15. The summed E-state index contributed by atoms with van der Waals surface area (Å²) in [5.74, 6) is 0. The predicted molar refractivity (Wildman–Crippen MR) is 62.5 cm³/mol. The van der Waals surface area contributed by atoms with Crippen LogP contribution in [0.25, 0.3) is 0 Å². The van der Waals surface area contributed by atoms with Gasteiger partial charge in [0.2, 0.25) is 0 Å². The van der Waals surface area contributed by atoms with Crippen LogP contribution in [0.15, 0.2) is 12.2 Å². The average molecular weight is 252 g/mol. The molecule has 0 aromatic carbocycles. The number of ether oxygens (including phenoxy) is 1. The van der Waals surface area contributed by atoms with Crippen LogP contribution < -0.4 is 0 Å². The number of aliphatic hydroxyl groups is 1. The van der Waals surface area contributed by atoms with Gasteiger partial charge in [-0.15, -0.1) is 0 Å². The molecule has 0 aromatic heterocycles. The second-order valence-corrected chi connectivity index (χ2v) is 5.01. The molecule has 0 heterocycles. The van der Waals surface area contributed by atoms with Crippen LogP contribution in [-0.2, 0) is 18.3 Å². The zero-order valence-electron chi connectivity index (χ0n) is 10.1. The molecule has 1 unspecified atom stereocenters. The average Bonchev–Trinajstić information content (AvgIpc) is 2.18. The summed E-state index contributed by atoms with van der Waals surface area (Å²) in [5, 5.41) is 9.23. The van der Waals surface area contributed by atoms with E-state index >= 15 is 0 Å². The quantitative estimate of drug-likeness (QED) is 0.387. The lowest BCUT2D eigenvalue weighted by Gasteiger charge is -2.15. The summed E-state index contributed by atoms with van der Waals surface area (Å²) in [4.78, 5) is 0. The van der Waals surface area contributed by atoms with E-state index in [1.807, 2.05) is 0 Å². The highest BCUT2D eigenvalue weighted by Crippen LogP contribution is 2.47. The molecule has 0 aliphatic heterocycles. The van der Waals surface area contributed by atoms with Crippen LogP contribution in [-0.4, -0.2) is 37.4 Å². The molecule has 0 rings (SSSR count). The first kappa shape index (κ1) is 15.8. The van der Waals surface area contributed by atoms with Gasteiger partial charge in [-0.1, -0.05) is 6.08 Å². The van der Waals surface area contributed by atoms with Gasteiger partial charge in [0.1, 0.15) is 0 Å². The molecule has 0 aliphatic carbocycles. The third-order valence-corrected chi connectivity index (χ3v) is 3.58. The Hall–Kier alpha value is -0.190. The minimum Gasteiger partial charge on any atom is -0.365 e. The van der Waals surface area contributed by atoms with Crippen LogP contribution >= 0.6 is 7.60 Å². The van der Waals surface area contributed by atoms with Gasteiger partial charge in [0.15, 0.2) is 6.29 Å². The van der Waals surface area contributed by atoms with E-state index in [9.17, 15) is 9.67 Å². The Labute approximate surface area is 96.9 Å². The minimum absolute atomic E-state index is 0.138. The first-order chi connectivity index (χ1) is 7.58. The van der Waals surface area contributed by atoms with Crippen molar-refractivity contribution >= 4 is 7.60 Å². The third-order valence-electron chi connectivity index (χ3n) is 1.62. The van der Waals surface area contributed by atoms with E-state index in [-0.39, 0.29) is 6.16 Å². The largest absolute Gasteiger partial charge is 0.365 e. The fourth-order valence-electron chi connectivity index (χ4n) is 1.07. The van der Waals surface area contributed by atoms with Crippen molar-refractivity contribution in [1.29, 1.82) is 0 Å². The molecular formula is C10H21O5P. The summed E-state index contributed by atoms with van der Waals surface area (Å²) in [6.07, 6.45) is 2.14. The van der Waals surface area contributed by atoms with Crippen LogP contribution in [0.1, 0.15) is 20.8 Å². The maximum Gasteiger partial charge on any atom is 0.334 e. The van der Waals surface area contributed by atoms with Crippen LogP contribution in [0.5, 0.6) is 0 Å². The van der Waals surface area contributed by atoms with Crippen molar-refractivity contribution in [3.05, 3.63) is 12.2 Å². The van der Waals surface area contributed by atoms with Gasteiger partial charge in [-0.05, 0) is 26.8 Å². The van der Waals surface area contributed by atoms with E-state index in [2.05, 4.69) is 0 Å². The smallest absolute Gasteiger partial charge is 0.334 e. The molecule has 0 amide bonds. The van der Waals surface area contributed by atoms with Gasteiger partial charge >= 0.3 is 7.60 Å². The number of allylic oxidation sites excluding steroid dienone is 1. The second-order valence-electron chi connectivity index (χ2n) is 2.90. The molecule has 16 heavy (non-hydrogen) atoms. The zero-order valence-corrected chi connectivity index (χ0v) is 11.0. The summed E-state index contributed by atoms with van der Waals surface area (Å²) in [7, 11) is -3.05. The van der Waals surface area contributed by atoms with Gasteiger partial charge in [-0.25, -0.2) is 0 Å². The maximum absolute atomic E-state index is 11.9. The monoisotopic (exact) mass is 252 g/mol. The van der Waals surface area contributed by atoms with Gasteiger partial charge in [-0.2, -0.15) is 0 Å². The Morgan fingerprint density at radius 3 is 2.19 bits per heavy atom. The van der Waals surface area contributed by atoms with E-state index in [1.165, 1.54) is 6.08 Å². The topological polar surface area (TPSA) is 65.0 Å². The van der Waals surface area contributed by atoms with E-state index < -0.39 is 13.9 Å². The SMILES string of the molecule is CCOC(O)/C=C/CP(=O)(OCC)OCC. The van der Waals surface area contributed by atoms with Gasteiger partial charge in [0.25, 0.3) is 0 Å². The molecular weight excluding hydrogens is 231 g/mol. The number of hydrogen-bond donors (Lipinski definition) is 1. The van der Waals surface area contributed by atoms with Crippen LogP contribution in [0.4, 0.5) is 0 Å². The van der Waals surface area contributed by atoms with Crippen LogP contribution in [0.2, 0.25) is 0 Å². The highest BCUT2D eigenvalue weighted by atomic mass is 31.2. The predicted octanol–water partition coefficient (Wildman–Crippen LogP) is 2.16. The van der Waals surface area contributed by atoms with Gasteiger partial charge in [-0.3, -0.25) is 4.57 Å². The minimum atomic E-state index is -3.05. The van der Waals surface area contributed by atoms with Crippen molar-refractivity contribution in [3.63, 3.8) is 0 Å². The van der Waals surface area contributed by atoms with Gasteiger partial charge in [0.05, 0.1) is 19.4 Å². The van der Waals surface area contributed by atoms with Crippen molar-refractivity contribution in [2.75, 3.05) is 26.0 Å². The first-order valence-electron chi connectivity index (χ1n) is 5.42. The summed E-state index contributed by atoms with van der Waals surface area (Å²) in [5.41, 5.74) is 0. The molecule has 0 aromatic rings. The molecule has 5 nitrogen and oxygen atoms in total. The molecule has 0 aliphatic rings. The molecule has 1 N–H and O–H groups in total. The summed E-state index contributed by atoms with van der Waals surface area (Å²) in [6.45, 7) is 6.37. The third kappa shape index (κ3) is 7.14. The molecule has 0 fully saturated rings. The number of hydrogen-bond acceptors (Lipinski definition) is 5. The molecule has 0 bridgehead atoms. The number of aliphatic hydroxyl groups excluding tert-OH is 1. The van der Waals surface area contributed by atoms with E-state index in [0.29, 0.717) is 19.8 Å². The fourth-order valence-corrected chi connectivity index (χ4v) is 2.52. The normalized spacial score (nSPS) is 14.5. The molecule has 0 saturated heterocycles. The summed E-state index contributed by atoms with van der Waals surface area (Å²) < 4.78 is 27.0. The maximum atomic E-state index is 11.9. The Morgan fingerprint density at radius 1 is 1.19 bits per heavy atom. The molecule has 0 spiro atoms. The summed E-state index contributed by atoms with van der Waals surface area (Å²) >= 11 is 0. The van der Waals surface area contributed by atoms with Crippen molar-refractivity contribution in [2.45, 2.75) is 27.1 Å². The first-order valence-corrected chi connectivity index (χ1v) is 7.15. The second kappa shape index (κ2) is 8.90. The molecule has 96 valence electrons. The van der Waals surface area contributed by atoms with E-state index in [0.717, 1.165) is 0 Å². The van der Waals surface area contributed by atoms with Gasteiger partial charge < -0.3 is 18.9 Å². The highest BCUT2D eigenvalue weighted by molar-refractivity contribution is 7.54. The van der Waals surface area contributed by atoms with Crippen molar-refractivity contribution in [2.24, 2.45) is 0 Å². The van der Waals surface area contributed by atoms with E-state index in [1.54, 1.807) is 26.8 Å². The van der Waals surface area contributed by atoms with Crippen molar-refractivity contribution < 1.29 is 23.5 Å². The Bertz CT molecular complexity index is 231. The van der Waals surface area contributed by atoms with Crippen molar-refractivity contribution in [1.82, 2.24) is 0 Å². The Morgan fingerprint density at radius 2 is 1.75 bits per heavy atom. The van der Waals surface area contributed by atoms with E-state index in [4.69, 9.17) is 13.8 Å². The lowest BCUT2D eigenvalue weighted by atomic mass is 10.5. The molecule has 6 heteroatoms. The lowest BCUT2D eigenvalue weighted by Crippen LogP contribution is -2.08. The standard InChI is InChI=1S/C10H21O5P/c1-4-13-10(11)8-7-9-16(12,14-5-2)15-6-3/h7-8,10-11H,4-6,9H2,1-3H3/b8-7+. The molecule has 1 atom stereocenters. The van der Waals surface area contributed by atoms with Crippen LogP contribution in [0.3, 0.4) is 0 Å². The molecule has 0 radical (unpaired) electrons. The fraction of sp³-hybridized carbons (Fsp3) is 0.800. The van der Waals surface area contributed by atoms with Gasteiger partial charge in [0, 0.05) is 6.61 Å². The van der Waals surface area contributed by atoms with Crippen LogP contribution in [0, 0.1) is 0 Å². The zero-order chi connectivity index (χ0) is 12.4. The lowest BCUT2D eigenvalue weighted by molar-refractivity contribution is -0.0587.